The lowest BCUT2D eigenvalue weighted by Gasteiger charge is -2.36. The van der Waals surface area contributed by atoms with Gasteiger partial charge in [0.05, 0.1) is 0 Å². The van der Waals surface area contributed by atoms with Crippen LogP contribution in [-0.4, -0.2) is 57.2 Å². The molecule has 0 fully saturated rings. The fourth-order valence-corrected chi connectivity index (χ4v) is 3.71. The molecule has 0 saturated heterocycles. The summed E-state index contributed by atoms with van der Waals surface area (Å²) < 4.78 is 41.2. The number of ether oxygens (including phenoxy) is 2. The van der Waals surface area contributed by atoms with Crippen molar-refractivity contribution in [3.63, 3.8) is 0 Å². The van der Waals surface area contributed by atoms with Gasteiger partial charge in [-0.05, 0) is 42.7 Å². The Bertz CT molecular complexity index is 486. The van der Waals surface area contributed by atoms with E-state index in [0.717, 1.165) is 25.8 Å². The van der Waals surface area contributed by atoms with Crippen LogP contribution in [0.3, 0.4) is 0 Å². The van der Waals surface area contributed by atoms with Crippen LogP contribution in [0.1, 0.15) is 26.2 Å². The molecule has 0 aromatic heterocycles. The van der Waals surface area contributed by atoms with E-state index in [-0.39, 0.29) is 11.7 Å². The van der Waals surface area contributed by atoms with E-state index in [9.17, 15) is 8.42 Å². The van der Waals surface area contributed by atoms with Crippen LogP contribution in [0.2, 0.25) is 0 Å². The molecular weight excluding hydrogens is 338 g/mol. The second-order valence-corrected chi connectivity index (χ2v) is 8.73. The number of rotatable bonds is 12. The van der Waals surface area contributed by atoms with Crippen molar-refractivity contribution in [3.8, 4) is 0 Å². The van der Waals surface area contributed by atoms with E-state index >= 15 is 0 Å². The van der Waals surface area contributed by atoms with Gasteiger partial charge in [0.15, 0.2) is 0 Å². The molecule has 23 heavy (non-hydrogen) atoms. The summed E-state index contributed by atoms with van der Waals surface area (Å²) in [6.45, 7) is 4.07. The van der Waals surface area contributed by atoms with Gasteiger partial charge in [-0.2, -0.15) is 8.42 Å². The van der Waals surface area contributed by atoms with Crippen LogP contribution in [0.5, 0.6) is 0 Å². The zero-order valence-corrected chi connectivity index (χ0v) is 15.4. The van der Waals surface area contributed by atoms with Gasteiger partial charge in [-0.3, -0.25) is 4.55 Å². The molecular formula is C15H27NO5S2. The Labute approximate surface area is 142 Å². The van der Waals surface area contributed by atoms with Gasteiger partial charge in [-0.15, -0.1) is 0 Å². The average Bonchev–Trinajstić information content (AvgIpc) is 2.52. The largest absolute Gasteiger partial charge is 0.371 e. The molecule has 0 aliphatic heterocycles. The third-order valence-corrected chi connectivity index (χ3v) is 5.81. The first-order valence-corrected chi connectivity index (χ1v) is 10.7. The summed E-state index contributed by atoms with van der Waals surface area (Å²) in [5.74, 6) is 0.335. The van der Waals surface area contributed by atoms with Crippen molar-refractivity contribution in [3.05, 3.63) is 24.3 Å². The number of hydrogen-bond acceptors (Lipinski definition) is 6. The van der Waals surface area contributed by atoms with Crippen molar-refractivity contribution in [1.82, 2.24) is 5.32 Å². The molecule has 0 radical (unpaired) electrons. The van der Waals surface area contributed by atoms with E-state index in [4.69, 9.17) is 14.0 Å². The van der Waals surface area contributed by atoms with Crippen LogP contribution in [-0.2, 0) is 18.6 Å². The summed E-state index contributed by atoms with van der Waals surface area (Å²) in [7, 11) is -1.68. The first-order chi connectivity index (χ1) is 10.9. The second kappa shape index (κ2) is 10.5. The first kappa shape index (κ1) is 20.7. The maximum Gasteiger partial charge on any atom is 0.319 e. The summed E-state index contributed by atoms with van der Waals surface area (Å²) in [6, 6.07) is 0. The Balaban J connectivity index is 2.11. The normalized spacial score (nSPS) is 24.2. The van der Waals surface area contributed by atoms with Crippen LogP contribution >= 0.6 is 10.8 Å². The summed E-state index contributed by atoms with van der Waals surface area (Å²) in [5, 5.41) is 3.13. The van der Waals surface area contributed by atoms with Crippen LogP contribution < -0.4 is 5.32 Å². The lowest BCUT2D eigenvalue weighted by Crippen LogP contribution is -2.43. The minimum Gasteiger partial charge on any atom is -0.371 e. The molecule has 6 nitrogen and oxygen atoms in total. The number of methoxy groups -OCH3 is 1. The summed E-state index contributed by atoms with van der Waals surface area (Å²) >= 11 is 0. The van der Waals surface area contributed by atoms with Gasteiger partial charge in [0.25, 0.3) is 0 Å². The summed E-state index contributed by atoms with van der Waals surface area (Å²) in [4.78, 5) is 0. The van der Waals surface area contributed by atoms with Crippen LogP contribution in [0.15, 0.2) is 24.3 Å². The molecule has 2 unspecified atom stereocenters. The molecule has 1 aliphatic rings. The fourth-order valence-electron chi connectivity index (χ4n) is 2.39. The van der Waals surface area contributed by atoms with E-state index < -0.39 is 9.15 Å². The highest BCUT2D eigenvalue weighted by Crippen LogP contribution is 2.28. The lowest BCUT2D eigenvalue weighted by molar-refractivity contribution is -0.0838. The van der Waals surface area contributed by atoms with Gasteiger partial charge in [0, 0.05) is 26.0 Å². The van der Waals surface area contributed by atoms with Gasteiger partial charge in [0.1, 0.15) is 11.7 Å². The molecule has 0 saturated carbocycles. The van der Waals surface area contributed by atoms with Crippen molar-refractivity contribution in [1.29, 1.82) is 0 Å². The Morgan fingerprint density at radius 2 is 2.09 bits per heavy atom. The van der Waals surface area contributed by atoms with Crippen LogP contribution in [0.4, 0.5) is 0 Å². The molecule has 2 atom stereocenters. The third kappa shape index (κ3) is 7.82. The van der Waals surface area contributed by atoms with E-state index in [1.54, 1.807) is 7.11 Å². The van der Waals surface area contributed by atoms with E-state index in [2.05, 4.69) is 12.2 Å². The van der Waals surface area contributed by atoms with Crippen molar-refractivity contribution >= 4 is 19.9 Å². The van der Waals surface area contributed by atoms with Gasteiger partial charge < -0.3 is 14.8 Å². The zero-order chi connectivity index (χ0) is 17.2. The molecule has 134 valence electrons. The quantitative estimate of drug-likeness (QED) is 0.311. The molecule has 2 N–H and O–H groups in total. The van der Waals surface area contributed by atoms with Crippen LogP contribution in [0, 0.1) is 0 Å². The fraction of sp³-hybridized carbons (Fsp3) is 0.733. The summed E-state index contributed by atoms with van der Waals surface area (Å²) in [6.07, 6.45) is 10.7. The zero-order valence-electron chi connectivity index (χ0n) is 13.7. The minimum atomic E-state index is -3.92. The maximum absolute atomic E-state index is 10.5. The van der Waals surface area contributed by atoms with Crippen molar-refractivity contribution in [2.75, 3.05) is 32.6 Å². The molecule has 1 rings (SSSR count). The smallest absolute Gasteiger partial charge is 0.319 e. The Hall–Kier alpha value is -0.380. The van der Waals surface area contributed by atoms with Crippen molar-refractivity contribution in [2.45, 2.75) is 37.9 Å². The highest BCUT2D eigenvalue weighted by molar-refractivity contribution is 8.69. The van der Waals surface area contributed by atoms with Gasteiger partial charge in [-0.1, -0.05) is 25.2 Å². The Kier molecular flexibility index (Phi) is 9.41. The molecule has 8 heteroatoms. The van der Waals surface area contributed by atoms with Crippen molar-refractivity contribution < 1.29 is 22.4 Å². The highest BCUT2D eigenvalue weighted by Gasteiger charge is 2.35. The lowest BCUT2D eigenvalue weighted by atomic mass is 9.89. The average molecular weight is 366 g/mol. The molecule has 1 aliphatic carbocycles. The SMILES string of the molecule is CCC1(OC)C=CC=CC1OCCCCNCCSS(=O)(=O)O. The molecule has 0 heterocycles. The predicted octanol–water partition coefficient (Wildman–Crippen LogP) is 2.20. The third-order valence-electron chi connectivity index (χ3n) is 3.75. The molecule has 0 amide bonds. The molecule has 0 spiro atoms. The summed E-state index contributed by atoms with van der Waals surface area (Å²) in [5.41, 5.74) is -0.375. The minimum absolute atomic E-state index is 0.0679. The first-order valence-electron chi connectivity index (χ1n) is 7.79. The topological polar surface area (TPSA) is 84.9 Å². The number of hydrogen-bond donors (Lipinski definition) is 2. The number of allylic oxidation sites excluding steroid dienone is 2. The van der Waals surface area contributed by atoms with Gasteiger partial charge >= 0.3 is 9.15 Å². The monoisotopic (exact) mass is 365 g/mol. The molecule has 0 aromatic rings. The Morgan fingerprint density at radius 1 is 1.30 bits per heavy atom. The van der Waals surface area contributed by atoms with Crippen LogP contribution in [0.25, 0.3) is 0 Å². The molecule has 0 aromatic carbocycles. The predicted molar refractivity (Wildman–Crippen MR) is 94.2 cm³/mol. The van der Waals surface area contributed by atoms with Crippen molar-refractivity contribution in [2.24, 2.45) is 0 Å². The molecule has 0 bridgehead atoms. The maximum atomic E-state index is 10.5. The van der Waals surface area contributed by atoms with Gasteiger partial charge in [0.2, 0.25) is 0 Å². The number of unbranched alkanes of at least 4 members (excludes halogenated alkanes) is 1. The van der Waals surface area contributed by atoms with E-state index in [0.29, 0.717) is 29.7 Å². The number of nitrogens with one attached hydrogen (secondary N) is 1. The van der Waals surface area contributed by atoms with Gasteiger partial charge in [-0.25, -0.2) is 0 Å². The van der Waals surface area contributed by atoms with E-state index in [1.807, 2.05) is 24.3 Å². The van der Waals surface area contributed by atoms with E-state index in [1.165, 1.54) is 0 Å². The Morgan fingerprint density at radius 3 is 2.74 bits per heavy atom. The standard InChI is InChI=1S/C15H27NO5S2/c1-3-15(20-2)9-5-4-8-14(15)21-12-7-6-10-16-11-13-22-23(17,18)19/h4-5,8-9,14,16H,3,6-7,10-13H2,1-2H3,(H,17,18,19). The highest BCUT2D eigenvalue weighted by atomic mass is 33.1. The second-order valence-electron chi connectivity index (χ2n) is 5.25.